The summed E-state index contributed by atoms with van der Waals surface area (Å²) in [6.45, 7) is 0.954. The van der Waals surface area contributed by atoms with Crippen LogP contribution < -0.4 is 0 Å². The molecule has 0 aromatic heterocycles. The lowest BCUT2D eigenvalue weighted by Crippen LogP contribution is -2.19. The molecule has 1 aliphatic heterocycles. The number of ether oxygens (including phenoxy) is 2. The topological polar surface area (TPSA) is 18.5 Å². The van der Waals surface area contributed by atoms with E-state index in [0.29, 0.717) is 18.1 Å². The van der Waals surface area contributed by atoms with Crippen LogP contribution in [0.15, 0.2) is 0 Å². The van der Waals surface area contributed by atoms with E-state index >= 15 is 0 Å². The fraction of sp³-hybridized carbons (Fsp3) is 1.00. The van der Waals surface area contributed by atoms with Crippen molar-refractivity contribution in [3.63, 3.8) is 0 Å². The maximum absolute atomic E-state index is 5.53. The normalized spacial score (nSPS) is 45.9. The third-order valence-corrected chi connectivity index (χ3v) is 2.78. The molecule has 0 radical (unpaired) electrons. The molecule has 0 spiro atoms. The number of methoxy groups -OCH3 is 1. The van der Waals surface area contributed by atoms with E-state index in [1.807, 2.05) is 7.11 Å². The van der Waals surface area contributed by atoms with E-state index in [2.05, 4.69) is 0 Å². The molecule has 0 bridgehead atoms. The second-order valence-electron chi connectivity index (χ2n) is 3.21. The van der Waals surface area contributed by atoms with Gasteiger partial charge in [0.05, 0.1) is 12.2 Å². The number of hydrogen-bond acceptors (Lipinski definition) is 2. The minimum atomic E-state index is 0.493. The van der Waals surface area contributed by atoms with Gasteiger partial charge in [0.15, 0.2) is 0 Å². The molecule has 2 fully saturated rings. The van der Waals surface area contributed by atoms with Crippen LogP contribution in [0.5, 0.6) is 0 Å². The molecule has 2 heteroatoms. The minimum Gasteiger partial charge on any atom is -0.381 e. The van der Waals surface area contributed by atoms with Crippen LogP contribution in [0.2, 0.25) is 0 Å². The summed E-state index contributed by atoms with van der Waals surface area (Å²) >= 11 is 0. The van der Waals surface area contributed by atoms with Gasteiger partial charge in [0.2, 0.25) is 0 Å². The molecule has 0 N–H and O–H groups in total. The zero-order valence-electron chi connectivity index (χ0n) is 6.38. The van der Waals surface area contributed by atoms with E-state index in [1.165, 1.54) is 19.3 Å². The standard InChI is InChI=1S/C8H14O2/c1-9-7-2-3-8-6(7)4-5-10-8/h6-8H,2-5H2,1H3. The van der Waals surface area contributed by atoms with E-state index < -0.39 is 0 Å². The molecule has 1 aliphatic carbocycles. The summed E-state index contributed by atoms with van der Waals surface area (Å²) in [5.41, 5.74) is 0. The summed E-state index contributed by atoms with van der Waals surface area (Å²) in [5.74, 6) is 0.713. The second-order valence-corrected chi connectivity index (χ2v) is 3.21. The molecule has 2 aliphatic rings. The lowest BCUT2D eigenvalue weighted by molar-refractivity contribution is 0.0543. The Kier molecular flexibility index (Phi) is 1.66. The summed E-state index contributed by atoms with van der Waals surface area (Å²) in [5, 5.41) is 0. The quantitative estimate of drug-likeness (QED) is 0.547. The van der Waals surface area contributed by atoms with Crippen LogP contribution >= 0.6 is 0 Å². The van der Waals surface area contributed by atoms with Crippen LogP contribution in [0.4, 0.5) is 0 Å². The SMILES string of the molecule is COC1CCC2OCCC12. The Morgan fingerprint density at radius 2 is 2.20 bits per heavy atom. The van der Waals surface area contributed by atoms with Gasteiger partial charge in [-0.3, -0.25) is 0 Å². The van der Waals surface area contributed by atoms with Crippen molar-refractivity contribution in [3.8, 4) is 0 Å². The lowest BCUT2D eigenvalue weighted by Gasteiger charge is -2.14. The molecular weight excluding hydrogens is 128 g/mol. The minimum absolute atomic E-state index is 0.493. The van der Waals surface area contributed by atoms with Gasteiger partial charge in [-0.25, -0.2) is 0 Å². The zero-order valence-corrected chi connectivity index (χ0v) is 6.38. The third-order valence-electron chi connectivity index (χ3n) is 2.78. The molecule has 0 aromatic rings. The number of hydrogen-bond donors (Lipinski definition) is 0. The van der Waals surface area contributed by atoms with Gasteiger partial charge in [0.25, 0.3) is 0 Å². The highest BCUT2D eigenvalue weighted by atomic mass is 16.5. The van der Waals surface area contributed by atoms with Crippen LogP contribution in [-0.4, -0.2) is 25.9 Å². The maximum Gasteiger partial charge on any atom is 0.0629 e. The summed E-state index contributed by atoms with van der Waals surface area (Å²) in [6, 6.07) is 0. The largest absolute Gasteiger partial charge is 0.381 e. The predicted octanol–water partition coefficient (Wildman–Crippen LogP) is 1.20. The highest BCUT2D eigenvalue weighted by molar-refractivity contribution is 4.89. The Hall–Kier alpha value is -0.0800. The van der Waals surface area contributed by atoms with Gasteiger partial charge < -0.3 is 9.47 Å². The van der Waals surface area contributed by atoms with Crippen molar-refractivity contribution in [1.82, 2.24) is 0 Å². The van der Waals surface area contributed by atoms with Crippen molar-refractivity contribution in [2.45, 2.75) is 31.5 Å². The Balaban J connectivity index is 2.01. The Bertz CT molecular complexity index is 124. The Morgan fingerprint density at radius 1 is 1.30 bits per heavy atom. The Morgan fingerprint density at radius 3 is 3.00 bits per heavy atom. The van der Waals surface area contributed by atoms with E-state index in [1.54, 1.807) is 0 Å². The lowest BCUT2D eigenvalue weighted by atomic mass is 10.0. The number of fused-ring (bicyclic) bond motifs is 1. The molecule has 3 atom stereocenters. The van der Waals surface area contributed by atoms with Gasteiger partial charge in [0, 0.05) is 19.6 Å². The van der Waals surface area contributed by atoms with Gasteiger partial charge in [-0.05, 0) is 19.3 Å². The van der Waals surface area contributed by atoms with E-state index in [9.17, 15) is 0 Å². The fourth-order valence-electron chi connectivity index (χ4n) is 2.22. The van der Waals surface area contributed by atoms with Crippen molar-refractivity contribution >= 4 is 0 Å². The first-order valence-electron chi connectivity index (χ1n) is 4.06. The molecule has 58 valence electrons. The van der Waals surface area contributed by atoms with Crippen molar-refractivity contribution < 1.29 is 9.47 Å². The molecule has 1 saturated carbocycles. The summed E-state index contributed by atoms with van der Waals surface area (Å²) in [4.78, 5) is 0. The highest BCUT2D eigenvalue weighted by Crippen LogP contribution is 2.37. The van der Waals surface area contributed by atoms with Gasteiger partial charge in [0.1, 0.15) is 0 Å². The van der Waals surface area contributed by atoms with Crippen molar-refractivity contribution in [1.29, 1.82) is 0 Å². The van der Waals surface area contributed by atoms with Crippen LogP contribution in [0, 0.1) is 5.92 Å². The first-order valence-corrected chi connectivity index (χ1v) is 4.06. The van der Waals surface area contributed by atoms with Gasteiger partial charge >= 0.3 is 0 Å². The van der Waals surface area contributed by atoms with Crippen LogP contribution in [-0.2, 0) is 9.47 Å². The van der Waals surface area contributed by atoms with Crippen LogP contribution in [0.25, 0.3) is 0 Å². The highest BCUT2D eigenvalue weighted by Gasteiger charge is 2.40. The molecule has 3 unspecified atom stereocenters. The number of rotatable bonds is 1. The zero-order chi connectivity index (χ0) is 6.97. The third kappa shape index (κ3) is 0.867. The second kappa shape index (κ2) is 2.51. The monoisotopic (exact) mass is 142 g/mol. The summed E-state index contributed by atoms with van der Waals surface area (Å²) < 4.78 is 10.9. The van der Waals surface area contributed by atoms with Crippen molar-refractivity contribution in [3.05, 3.63) is 0 Å². The van der Waals surface area contributed by atoms with Gasteiger partial charge in [-0.1, -0.05) is 0 Å². The molecule has 2 rings (SSSR count). The Labute approximate surface area is 61.5 Å². The van der Waals surface area contributed by atoms with Gasteiger partial charge in [-0.2, -0.15) is 0 Å². The fourth-order valence-corrected chi connectivity index (χ4v) is 2.22. The van der Waals surface area contributed by atoms with E-state index in [0.717, 1.165) is 6.61 Å². The smallest absolute Gasteiger partial charge is 0.0629 e. The first-order chi connectivity index (χ1) is 4.92. The van der Waals surface area contributed by atoms with Crippen molar-refractivity contribution in [2.75, 3.05) is 13.7 Å². The van der Waals surface area contributed by atoms with Crippen LogP contribution in [0.1, 0.15) is 19.3 Å². The van der Waals surface area contributed by atoms with E-state index in [4.69, 9.17) is 9.47 Å². The maximum atomic E-state index is 5.53. The summed E-state index contributed by atoms with van der Waals surface area (Å²) in [7, 11) is 1.81. The first kappa shape index (κ1) is 6.62. The van der Waals surface area contributed by atoms with E-state index in [-0.39, 0.29) is 0 Å². The predicted molar refractivity (Wildman–Crippen MR) is 37.9 cm³/mol. The molecule has 1 saturated heterocycles. The van der Waals surface area contributed by atoms with Gasteiger partial charge in [-0.15, -0.1) is 0 Å². The molecular formula is C8H14O2. The average molecular weight is 142 g/mol. The molecule has 0 aromatic carbocycles. The molecule has 1 heterocycles. The molecule has 10 heavy (non-hydrogen) atoms. The average Bonchev–Trinajstić information content (AvgIpc) is 2.44. The molecule has 0 amide bonds. The van der Waals surface area contributed by atoms with Crippen LogP contribution in [0.3, 0.4) is 0 Å². The summed E-state index contributed by atoms with van der Waals surface area (Å²) in [6.07, 6.45) is 4.65. The van der Waals surface area contributed by atoms with Crippen molar-refractivity contribution in [2.24, 2.45) is 5.92 Å². The molecule has 2 nitrogen and oxygen atoms in total.